The SMILES string of the molecule is CC[C@H](C)[C@H](N)C(=O)O.C[C@@H](O)[C@H](N)C(=O)O.NC(=O)C[C@H](N)C(=O)O. The van der Waals surface area contributed by atoms with Gasteiger partial charge in [-0.15, -0.1) is 0 Å². The predicted octanol–water partition coefficient (Wildman–Crippen LogP) is -2.50. The predicted molar refractivity (Wildman–Crippen MR) is 91.8 cm³/mol. The van der Waals surface area contributed by atoms with E-state index in [4.69, 9.17) is 37.6 Å². The number of aliphatic hydroxyl groups is 1. The van der Waals surface area contributed by atoms with E-state index >= 15 is 0 Å². The lowest BCUT2D eigenvalue weighted by molar-refractivity contribution is -0.141. The molecule has 0 fully saturated rings. The van der Waals surface area contributed by atoms with Crippen LogP contribution in [0.1, 0.15) is 33.6 Å². The Morgan fingerprint density at radius 1 is 0.846 bits per heavy atom. The molecular weight excluding hydrogens is 352 g/mol. The second-order valence-electron chi connectivity index (χ2n) is 5.47. The van der Waals surface area contributed by atoms with Crippen molar-refractivity contribution in [2.45, 2.75) is 57.8 Å². The molecule has 0 saturated heterocycles. The highest BCUT2D eigenvalue weighted by Gasteiger charge is 2.17. The number of hydrogen-bond donors (Lipinski definition) is 8. The van der Waals surface area contributed by atoms with Crippen LogP contribution in [0.4, 0.5) is 0 Å². The topological polar surface area (TPSA) is 253 Å². The summed E-state index contributed by atoms with van der Waals surface area (Å²) in [7, 11) is 0. The quantitative estimate of drug-likeness (QED) is 0.217. The number of hydrogen-bond acceptors (Lipinski definition) is 8. The molecule has 154 valence electrons. The molecule has 0 radical (unpaired) electrons. The van der Waals surface area contributed by atoms with Crippen molar-refractivity contribution in [1.82, 2.24) is 0 Å². The summed E-state index contributed by atoms with van der Waals surface area (Å²) < 4.78 is 0. The molecule has 0 unspecified atom stereocenters. The fraction of sp³-hybridized carbons (Fsp3) is 0.714. The maximum atomic E-state index is 10.2. The van der Waals surface area contributed by atoms with E-state index in [0.717, 1.165) is 6.42 Å². The van der Waals surface area contributed by atoms with Gasteiger partial charge in [-0.2, -0.15) is 0 Å². The number of carboxylic acids is 3. The van der Waals surface area contributed by atoms with Crippen molar-refractivity contribution in [3.05, 3.63) is 0 Å². The molecule has 0 aliphatic rings. The van der Waals surface area contributed by atoms with Gasteiger partial charge in [0.2, 0.25) is 5.91 Å². The van der Waals surface area contributed by atoms with Crippen molar-refractivity contribution in [2.75, 3.05) is 0 Å². The summed E-state index contributed by atoms with van der Waals surface area (Å²) in [6, 6.07) is -3.02. The first-order valence-corrected chi connectivity index (χ1v) is 7.60. The van der Waals surface area contributed by atoms with Crippen LogP contribution in [-0.4, -0.2) is 68.5 Å². The van der Waals surface area contributed by atoms with Crippen molar-refractivity contribution < 1.29 is 39.6 Å². The fourth-order valence-corrected chi connectivity index (χ4v) is 1.01. The number of carboxylic acid groups (broad SMARTS) is 3. The van der Waals surface area contributed by atoms with Gasteiger partial charge >= 0.3 is 17.9 Å². The zero-order valence-electron chi connectivity index (χ0n) is 15.0. The maximum absolute atomic E-state index is 10.2. The van der Waals surface area contributed by atoms with Crippen LogP contribution in [0.15, 0.2) is 0 Å². The van der Waals surface area contributed by atoms with Crippen LogP contribution >= 0.6 is 0 Å². The Bertz CT molecular complexity index is 458. The number of carbonyl (C=O) groups is 4. The van der Waals surface area contributed by atoms with Crippen LogP contribution in [-0.2, 0) is 19.2 Å². The monoisotopic (exact) mass is 382 g/mol. The molecule has 0 aromatic carbocycles. The number of primary amides is 1. The molecule has 12 nitrogen and oxygen atoms in total. The average molecular weight is 382 g/mol. The summed E-state index contributed by atoms with van der Waals surface area (Å²) in [5.74, 6) is -3.94. The smallest absolute Gasteiger partial charge is 0.323 e. The maximum Gasteiger partial charge on any atom is 0.323 e. The number of rotatable bonds is 8. The Morgan fingerprint density at radius 3 is 1.31 bits per heavy atom. The summed E-state index contributed by atoms with van der Waals surface area (Å²) in [5.41, 5.74) is 19.7. The molecule has 0 bridgehead atoms. The lowest BCUT2D eigenvalue weighted by Gasteiger charge is -2.11. The van der Waals surface area contributed by atoms with Crippen LogP contribution in [0.2, 0.25) is 0 Å². The van der Waals surface area contributed by atoms with Crippen molar-refractivity contribution >= 4 is 23.8 Å². The number of nitrogens with two attached hydrogens (primary N) is 4. The standard InChI is InChI=1S/C6H13NO2.C4H8N2O3.C4H9NO3/c1-3-4(2)5(7)6(8)9;5-2(4(8)9)1-3(6)7;1-2(6)3(5)4(7)8/h4-5H,3,7H2,1-2H3,(H,8,9);2H,1,5H2,(H2,6,7)(H,8,9);2-3,6H,5H2,1H3,(H,7,8)/t4-,5-;2-;2-,3+/m001/s1. The Morgan fingerprint density at radius 2 is 1.23 bits per heavy atom. The Hall–Kier alpha value is -2.28. The summed E-state index contributed by atoms with van der Waals surface area (Å²) in [6.07, 6.45) is -0.476. The molecular formula is C14H30N4O8. The molecule has 0 heterocycles. The first kappa shape index (κ1) is 28.5. The highest BCUT2D eigenvalue weighted by Crippen LogP contribution is 2.04. The van der Waals surface area contributed by atoms with E-state index < -0.39 is 48.0 Å². The molecule has 5 atom stereocenters. The van der Waals surface area contributed by atoms with E-state index in [0.29, 0.717) is 0 Å². The molecule has 0 aromatic rings. The van der Waals surface area contributed by atoms with Crippen LogP contribution < -0.4 is 22.9 Å². The van der Waals surface area contributed by atoms with Gasteiger partial charge in [0.05, 0.1) is 12.5 Å². The second kappa shape index (κ2) is 15.0. The van der Waals surface area contributed by atoms with Gasteiger partial charge in [0.25, 0.3) is 0 Å². The lowest BCUT2D eigenvalue weighted by atomic mass is 10.0. The Labute approximate surface area is 151 Å². The van der Waals surface area contributed by atoms with Crippen LogP contribution in [0, 0.1) is 5.92 Å². The number of aliphatic hydroxyl groups excluding tert-OH is 1. The van der Waals surface area contributed by atoms with Gasteiger partial charge in [0, 0.05) is 0 Å². The molecule has 0 aliphatic heterocycles. The first-order valence-electron chi connectivity index (χ1n) is 7.60. The minimum absolute atomic E-state index is 0.0718. The summed E-state index contributed by atoms with van der Waals surface area (Å²) >= 11 is 0. The van der Waals surface area contributed by atoms with Crippen molar-refractivity contribution in [3.63, 3.8) is 0 Å². The largest absolute Gasteiger partial charge is 0.480 e. The highest BCUT2D eigenvalue weighted by molar-refractivity contribution is 5.83. The number of aliphatic carboxylic acids is 3. The van der Waals surface area contributed by atoms with E-state index in [1.54, 1.807) is 0 Å². The van der Waals surface area contributed by atoms with Crippen molar-refractivity contribution in [1.29, 1.82) is 0 Å². The summed E-state index contributed by atoms with van der Waals surface area (Å²) in [4.78, 5) is 39.9. The third-order valence-electron chi connectivity index (χ3n) is 3.09. The van der Waals surface area contributed by atoms with Gasteiger partial charge in [-0.1, -0.05) is 20.3 Å². The Balaban J connectivity index is -0.000000306. The van der Waals surface area contributed by atoms with E-state index in [1.807, 2.05) is 13.8 Å². The third kappa shape index (κ3) is 16.6. The minimum atomic E-state index is -1.21. The van der Waals surface area contributed by atoms with Gasteiger partial charge in [-0.25, -0.2) is 0 Å². The molecule has 12 heteroatoms. The van der Waals surface area contributed by atoms with Gasteiger partial charge < -0.3 is 43.4 Å². The molecule has 12 N–H and O–H groups in total. The van der Waals surface area contributed by atoms with E-state index in [2.05, 4.69) is 5.73 Å². The van der Waals surface area contributed by atoms with Crippen LogP contribution in [0.5, 0.6) is 0 Å². The molecule has 0 saturated carbocycles. The van der Waals surface area contributed by atoms with Gasteiger partial charge in [-0.3, -0.25) is 19.2 Å². The zero-order valence-corrected chi connectivity index (χ0v) is 15.0. The Kier molecular flexibility index (Phi) is 16.5. The first-order chi connectivity index (χ1) is 11.7. The molecule has 26 heavy (non-hydrogen) atoms. The molecule has 0 aliphatic carbocycles. The normalized spacial score (nSPS) is 15.5. The molecule has 1 amide bonds. The van der Waals surface area contributed by atoms with Gasteiger partial charge in [-0.05, 0) is 12.8 Å². The fourth-order valence-electron chi connectivity index (χ4n) is 1.01. The summed E-state index contributed by atoms with van der Waals surface area (Å²) in [6.45, 7) is 5.09. The summed E-state index contributed by atoms with van der Waals surface area (Å²) in [5, 5.41) is 33.0. The molecule has 0 spiro atoms. The van der Waals surface area contributed by atoms with Crippen LogP contribution in [0.3, 0.4) is 0 Å². The second-order valence-corrected chi connectivity index (χ2v) is 5.47. The molecule has 0 rings (SSSR count). The molecule has 0 aromatic heterocycles. The van der Waals surface area contributed by atoms with Crippen molar-refractivity contribution in [2.24, 2.45) is 28.9 Å². The minimum Gasteiger partial charge on any atom is -0.480 e. The van der Waals surface area contributed by atoms with E-state index in [9.17, 15) is 19.2 Å². The van der Waals surface area contributed by atoms with Crippen molar-refractivity contribution in [3.8, 4) is 0 Å². The van der Waals surface area contributed by atoms with E-state index in [-0.39, 0.29) is 12.3 Å². The number of carbonyl (C=O) groups excluding carboxylic acids is 1. The third-order valence-corrected chi connectivity index (χ3v) is 3.09. The zero-order chi connectivity index (χ0) is 21.6. The average Bonchev–Trinajstić information content (AvgIpc) is 2.52. The van der Waals surface area contributed by atoms with Gasteiger partial charge in [0.15, 0.2) is 0 Å². The van der Waals surface area contributed by atoms with Crippen LogP contribution in [0.25, 0.3) is 0 Å². The lowest BCUT2D eigenvalue weighted by Crippen LogP contribution is -2.39. The number of amides is 1. The van der Waals surface area contributed by atoms with E-state index in [1.165, 1.54) is 6.92 Å². The van der Waals surface area contributed by atoms with Gasteiger partial charge in [0.1, 0.15) is 18.1 Å². The highest BCUT2D eigenvalue weighted by atomic mass is 16.4.